The Morgan fingerprint density at radius 3 is 2.71 bits per heavy atom. The third-order valence-electron chi connectivity index (χ3n) is 4.78. The SMILES string of the molecule is CCCCN1C(=O)/C(=c2\sc3nc(-c4cccs4)nn3c2=O)c2ccccc21. The highest BCUT2D eigenvalue weighted by Crippen LogP contribution is 2.35. The molecule has 0 spiro atoms. The molecule has 1 amide bonds. The summed E-state index contributed by atoms with van der Waals surface area (Å²) in [5, 5.41) is 6.32. The second-order valence-electron chi connectivity index (χ2n) is 6.55. The molecular formula is C20H16N4O2S2. The predicted octanol–water partition coefficient (Wildman–Crippen LogP) is 2.94. The molecule has 0 N–H and O–H groups in total. The van der Waals surface area contributed by atoms with Crippen molar-refractivity contribution in [1.29, 1.82) is 0 Å². The third-order valence-corrected chi connectivity index (χ3v) is 6.68. The van der Waals surface area contributed by atoms with Gasteiger partial charge < -0.3 is 4.90 Å². The van der Waals surface area contributed by atoms with Crippen molar-refractivity contribution in [2.45, 2.75) is 19.8 Å². The lowest BCUT2D eigenvalue weighted by Gasteiger charge is -2.16. The quantitative estimate of drug-likeness (QED) is 0.521. The van der Waals surface area contributed by atoms with Crippen molar-refractivity contribution in [3.8, 4) is 10.7 Å². The minimum absolute atomic E-state index is 0.116. The molecule has 0 saturated carbocycles. The number of amides is 1. The molecular weight excluding hydrogens is 392 g/mol. The Balaban J connectivity index is 1.71. The minimum atomic E-state index is -0.286. The lowest BCUT2D eigenvalue weighted by Crippen LogP contribution is -2.33. The van der Waals surface area contributed by atoms with Crippen LogP contribution in [0.1, 0.15) is 25.3 Å². The number of fused-ring (bicyclic) bond motifs is 2. The van der Waals surface area contributed by atoms with Crippen LogP contribution in [0.4, 0.5) is 5.69 Å². The second-order valence-corrected chi connectivity index (χ2v) is 8.47. The van der Waals surface area contributed by atoms with Gasteiger partial charge in [-0.3, -0.25) is 9.59 Å². The Kier molecular flexibility index (Phi) is 4.10. The topological polar surface area (TPSA) is 67.6 Å². The van der Waals surface area contributed by atoms with Gasteiger partial charge in [0.2, 0.25) is 4.96 Å². The number of carbonyl (C=O) groups excluding carboxylic acids is 1. The smallest absolute Gasteiger partial charge is 0.291 e. The molecule has 0 bridgehead atoms. The maximum Gasteiger partial charge on any atom is 0.291 e. The molecule has 28 heavy (non-hydrogen) atoms. The molecule has 0 atom stereocenters. The lowest BCUT2D eigenvalue weighted by atomic mass is 10.1. The van der Waals surface area contributed by atoms with Crippen LogP contribution in [0.5, 0.6) is 0 Å². The van der Waals surface area contributed by atoms with Gasteiger partial charge >= 0.3 is 0 Å². The van der Waals surface area contributed by atoms with Crippen molar-refractivity contribution in [1.82, 2.24) is 14.6 Å². The highest BCUT2D eigenvalue weighted by atomic mass is 32.1. The number of hydrogen-bond donors (Lipinski definition) is 0. The van der Waals surface area contributed by atoms with Crippen molar-refractivity contribution in [2.75, 3.05) is 11.4 Å². The van der Waals surface area contributed by atoms with Crippen molar-refractivity contribution in [3.05, 3.63) is 62.2 Å². The number of benzene rings is 1. The first-order valence-electron chi connectivity index (χ1n) is 9.08. The number of unbranched alkanes of at least 4 members (excludes halogenated alkanes) is 1. The van der Waals surface area contributed by atoms with E-state index >= 15 is 0 Å². The summed E-state index contributed by atoms with van der Waals surface area (Å²) in [5.74, 6) is 0.423. The molecule has 0 fully saturated rings. The van der Waals surface area contributed by atoms with Crippen molar-refractivity contribution in [3.63, 3.8) is 0 Å². The maximum atomic E-state index is 13.2. The van der Waals surface area contributed by atoms with E-state index in [1.165, 1.54) is 27.2 Å². The van der Waals surface area contributed by atoms with Gasteiger partial charge in [-0.15, -0.1) is 16.4 Å². The van der Waals surface area contributed by atoms with E-state index in [1.807, 2.05) is 41.8 Å². The van der Waals surface area contributed by atoms with E-state index in [9.17, 15) is 9.59 Å². The van der Waals surface area contributed by atoms with Gasteiger partial charge in [-0.05, 0) is 23.9 Å². The Morgan fingerprint density at radius 1 is 1.11 bits per heavy atom. The van der Waals surface area contributed by atoms with Gasteiger partial charge in [-0.25, -0.2) is 0 Å². The third kappa shape index (κ3) is 2.52. The molecule has 6 nitrogen and oxygen atoms in total. The first-order valence-corrected chi connectivity index (χ1v) is 10.8. The standard InChI is InChI=1S/C20H16N4O2S2/c1-2-3-10-23-13-8-5-4-7-12(13)15(18(23)25)16-19(26)24-20(28-16)21-17(22-24)14-9-6-11-27-14/h4-9,11H,2-3,10H2,1H3/b16-15-. The molecule has 0 aliphatic carbocycles. The summed E-state index contributed by atoms with van der Waals surface area (Å²) < 4.78 is 1.72. The van der Waals surface area contributed by atoms with Crippen LogP contribution in [0.3, 0.4) is 0 Å². The molecule has 1 aromatic carbocycles. The summed E-state index contributed by atoms with van der Waals surface area (Å²) in [6, 6.07) is 11.5. The fourth-order valence-electron chi connectivity index (χ4n) is 3.43. The molecule has 8 heteroatoms. The summed E-state index contributed by atoms with van der Waals surface area (Å²) >= 11 is 2.76. The van der Waals surface area contributed by atoms with Gasteiger partial charge in [-0.2, -0.15) is 9.50 Å². The second kappa shape index (κ2) is 6.65. The average Bonchev–Trinajstić information content (AvgIpc) is 3.45. The summed E-state index contributed by atoms with van der Waals surface area (Å²) in [6.07, 6.45) is 1.91. The largest absolute Gasteiger partial charge is 0.308 e. The molecule has 0 saturated heterocycles. The molecule has 4 aromatic rings. The van der Waals surface area contributed by atoms with Crippen LogP contribution < -0.4 is 15.0 Å². The molecule has 0 radical (unpaired) electrons. The first kappa shape index (κ1) is 17.3. The van der Waals surface area contributed by atoms with E-state index in [-0.39, 0.29) is 11.5 Å². The summed E-state index contributed by atoms with van der Waals surface area (Å²) in [7, 11) is 0. The normalized spacial score (nSPS) is 15.6. The number of aromatic nitrogens is 3. The van der Waals surface area contributed by atoms with E-state index in [1.54, 1.807) is 4.90 Å². The molecule has 0 unspecified atom stereocenters. The van der Waals surface area contributed by atoms with Gasteiger partial charge in [0.05, 0.1) is 16.1 Å². The van der Waals surface area contributed by atoms with E-state index in [2.05, 4.69) is 17.0 Å². The van der Waals surface area contributed by atoms with Crippen LogP contribution in [0, 0.1) is 0 Å². The van der Waals surface area contributed by atoms with Crippen molar-refractivity contribution < 1.29 is 4.79 Å². The Hall–Kier alpha value is -2.84. The van der Waals surface area contributed by atoms with E-state index in [0.717, 1.165) is 29.0 Å². The first-order chi connectivity index (χ1) is 13.7. The highest BCUT2D eigenvalue weighted by Gasteiger charge is 2.33. The maximum absolute atomic E-state index is 13.2. The molecule has 3 aromatic heterocycles. The molecule has 4 heterocycles. The molecule has 5 rings (SSSR count). The zero-order chi connectivity index (χ0) is 19.3. The van der Waals surface area contributed by atoms with Crippen molar-refractivity contribution in [2.24, 2.45) is 0 Å². The molecule has 1 aliphatic rings. The fraction of sp³-hybridized carbons (Fsp3) is 0.200. The average molecular weight is 409 g/mol. The van der Waals surface area contributed by atoms with Crippen LogP contribution in [0.2, 0.25) is 0 Å². The minimum Gasteiger partial charge on any atom is -0.308 e. The number of nitrogens with zero attached hydrogens (tertiary/aromatic N) is 4. The van der Waals surface area contributed by atoms with E-state index < -0.39 is 0 Å². The highest BCUT2D eigenvalue weighted by molar-refractivity contribution is 7.15. The number of anilines is 1. The lowest BCUT2D eigenvalue weighted by molar-refractivity contribution is -0.113. The zero-order valence-corrected chi connectivity index (χ0v) is 16.7. The van der Waals surface area contributed by atoms with Crippen LogP contribution in [0.25, 0.3) is 21.2 Å². The number of rotatable bonds is 4. The molecule has 140 valence electrons. The summed E-state index contributed by atoms with van der Waals surface area (Å²) in [4.78, 5) is 33.9. The number of thiophene rings is 1. The van der Waals surface area contributed by atoms with Gasteiger partial charge in [0, 0.05) is 12.1 Å². The molecule has 1 aliphatic heterocycles. The van der Waals surface area contributed by atoms with E-state index in [4.69, 9.17) is 0 Å². The Morgan fingerprint density at radius 2 is 1.96 bits per heavy atom. The number of hydrogen-bond acceptors (Lipinski definition) is 6. The number of para-hydroxylation sites is 1. The van der Waals surface area contributed by atoms with Crippen LogP contribution in [-0.4, -0.2) is 27.0 Å². The van der Waals surface area contributed by atoms with Gasteiger partial charge in [0.15, 0.2) is 5.82 Å². The van der Waals surface area contributed by atoms with Crippen LogP contribution >= 0.6 is 22.7 Å². The van der Waals surface area contributed by atoms with Crippen molar-refractivity contribution >= 4 is 44.8 Å². The van der Waals surface area contributed by atoms with Gasteiger partial charge in [0.25, 0.3) is 11.5 Å². The summed E-state index contributed by atoms with van der Waals surface area (Å²) in [5.41, 5.74) is 1.86. The number of carbonyl (C=O) groups is 1. The van der Waals surface area contributed by atoms with Crippen LogP contribution in [0.15, 0.2) is 46.6 Å². The van der Waals surface area contributed by atoms with E-state index in [0.29, 0.717) is 27.4 Å². The predicted molar refractivity (Wildman–Crippen MR) is 112 cm³/mol. The Labute approximate surface area is 168 Å². The monoisotopic (exact) mass is 408 g/mol. The van der Waals surface area contributed by atoms with Gasteiger partial charge in [0.1, 0.15) is 4.53 Å². The number of thiazole rings is 1. The Bertz CT molecular complexity index is 1300. The van der Waals surface area contributed by atoms with Gasteiger partial charge in [-0.1, -0.05) is 48.9 Å². The van der Waals surface area contributed by atoms with Crippen LogP contribution in [-0.2, 0) is 4.79 Å². The summed E-state index contributed by atoms with van der Waals surface area (Å²) in [6.45, 7) is 2.74. The zero-order valence-electron chi connectivity index (χ0n) is 15.1. The fourth-order valence-corrected chi connectivity index (χ4v) is 5.08.